The van der Waals surface area contributed by atoms with Crippen LogP contribution in [0.5, 0.6) is 0 Å². The third-order valence-electron chi connectivity index (χ3n) is 5.79. The molecule has 0 fully saturated rings. The van der Waals surface area contributed by atoms with Crippen molar-refractivity contribution >= 4 is 45.8 Å². The third kappa shape index (κ3) is 4.67. The maximum atomic E-state index is 13.9. The molecule has 1 aliphatic rings. The first-order valence-corrected chi connectivity index (χ1v) is 12.6. The van der Waals surface area contributed by atoms with Gasteiger partial charge in [0.25, 0.3) is 5.91 Å². The van der Waals surface area contributed by atoms with Gasteiger partial charge in [-0.3, -0.25) is 9.59 Å². The number of H-pyrrole nitrogens is 1. The van der Waals surface area contributed by atoms with Crippen molar-refractivity contribution in [2.24, 2.45) is 0 Å². The van der Waals surface area contributed by atoms with Gasteiger partial charge in [-0.1, -0.05) is 24.3 Å². The Morgan fingerprint density at radius 2 is 2.03 bits per heavy atom. The molecule has 0 saturated heterocycles. The summed E-state index contributed by atoms with van der Waals surface area (Å²) in [5, 5.41) is 8.83. The fourth-order valence-electron chi connectivity index (χ4n) is 4.15. The van der Waals surface area contributed by atoms with Crippen molar-refractivity contribution in [3.8, 4) is 0 Å². The zero-order valence-electron chi connectivity index (χ0n) is 17.6. The highest BCUT2D eigenvalue weighted by Crippen LogP contribution is 2.36. The Morgan fingerprint density at radius 3 is 2.88 bits per heavy atom. The highest BCUT2D eigenvalue weighted by atomic mass is 32.2. The summed E-state index contributed by atoms with van der Waals surface area (Å²) < 4.78 is 13.9. The Kier molecular flexibility index (Phi) is 6.20. The lowest BCUT2D eigenvalue weighted by Gasteiger charge is -2.28. The van der Waals surface area contributed by atoms with Gasteiger partial charge in [0.2, 0.25) is 5.91 Å². The third-order valence-corrected chi connectivity index (χ3v) is 7.78. The molecule has 3 heterocycles. The Balaban J connectivity index is 1.41. The number of aromatic nitrogens is 1. The number of hydrogen-bond acceptors (Lipinski definition) is 4. The average Bonchev–Trinajstić information content (AvgIpc) is 3.50. The van der Waals surface area contributed by atoms with Crippen molar-refractivity contribution in [2.45, 2.75) is 29.8 Å². The first-order chi connectivity index (χ1) is 16.1. The quantitative estimate of drug-likeness (QED) is 0.362. The summed E-state index contributed by atoms with van der Waals surface area (Å²) in [4.78, 5) is 31.0. The van der Waals surface area contributed by atoms with Crippen LogP contribution in [0, 0.1) is 5.82 Å². The number of aromatic amines is 1. The van der Waals surface area contributed by atoms with Crippen LogP contribution in [-0.4, -0.2) is 28.6 Å². The first kappa shape index (κ1) is 21.7. The molecule has 0 radical (unpaired) electrons. The predicted molar refractivity (Wildman–Crippen MR) is 130 cm³/mol. The normalized spacial score (nSPS) is 16.2. The minimum absolute atomic E-state index is 0.280. The number of carbonyl (C=O) groups excluding carboxylic acids is 2. The lowest BCUT2D eigenvalue weighted by atomic mass is 10.0. The molecule has 0 aliphatic carbocycles. The van der Waals surface area contributed by atoms with Gasteiger partial charge in [0.05, 0.1) is 10.9 Å². The van der Waals surface area contributed by atoms with E-state index in [2.05, 4.69) is 15.6 Å². The van der Waals surface area contributed by atoms with Gasteiger partial charge in [0.1, 0.15) is 11.9 Å². The molecule has 2 aromatic heterocycles. The van der Waals surface area contributed by atoms with Crippen LogP contribution < -0.4 is 10.6 Å². The number of thioether (sulfide) groups is 1. The molecule has 33 heavy (non-hydrogen) atoms. The molecule has 0 spiro atoms. The number of fused-ring (bicyclic) bond motifs is 2. The molecule has 2 amide bonds. The summed E-state index contributed by atoms with van der Waals surface area (Å²) in [6, 6.07) is 15.0. The van der Waals surface area contributed by atoms with Crippen molar-refractivity contribution in [1.29, 1.82) is 0 Å². The molecule has 0 bridgehead atoms. The van der Waals surface area contributed by atoms with E-state index in [0.717, 1.165) is 32.7 Å². The van der Waals surface area contributed by atoms with Crippen LogP contribution in [-0.2, 0) is 11.2 Å². The Labute approximate surface area is 198 Å². The van der Waals surface area contributed by atoms with Crippen molar-refractivity contribution in [3.05, 3.63) is 88.0 Å². The van der Waals surface area contributed by atoms with Crippen molar-refractivity contribution in [2.75, 3.05) is 5.75 Å². The number of hydrogen-bond donors (Lipinski definition) is 3. The molecule has 1 unspecified atom stereocenters. The zero-order valence-corrected chi connectivity index (χ0v) is 19.3. The van der Waals surface area contributed by atoms with E-state index >= 15 is 0 Å². The van der Waals surface area contributed by atoms with Crippen LogP contribution in [0.25, 0.3) is 10.9 Å². The van der Waals surface area contributed by atoms with E-state index in [9.17, 15) is 14.0 Å². The van der Waals surface area contributed by atoms with Gasteiger partial charge in [-0.05, 0) is 53.3 Å². The van der Waals surface area contributed by atoms with Gasteiger partial charge in [0, 0.05) is 34.2 Å². The Hall–Kier alpha value is -3.10. The monoisotopic (exact) mass is 479 g/mol. The fourth-order valence-corrected chi connectivity index (χ4v) is 5.89. The molecular weight excluding hydrogens is 457 g/mol. The largest absolute Gasteiger partial charge is 0.361 e. The minimum Gasteiger partial charge on any atom is -0.361 e. The maximum Gasteiger partial charge on any atom is 0.262 e. The van der Waals surface area contributed by atoms with E-state index in [1.54, 1.807) is 30.0 Å². The zero-order chi connectivity index (χ0) is 22.8. The fraction of sp³-hybridized carbons (Fsp3) is 0.200. The number of benzene rings is 2. The van der Waals surface area contributed by atoms with Crippen LogP contribution in [0.4, 0.5) is 4.39 Å². The Bertz CT molecular complexity index is 1300. The second-order valence-electron chi connectivity index (χ2n) is 7.95. The van der Waals surface area contributed by atoms with Crippen LogP contribution in [0.2, 0.25) is 0 Å². The molecular formula is C25H22FN3O2S2. The summed E-state index contributed by atoms with van der Waals surface area (Å²) in [5.41, 5.74) is 2.71. The molecule has 4 aromatic rings. The Morgan fingerprint density at radius 1 is 1.15 bits per heavy atom. The molecule has 3 N–H and O–H groups in total. The van der Waals surface area contributed by atoms with Gasteiger partial charge in [0.15, 0.2) is 0 Å². The van der Waals surface area contributed by atoms with Gasteiger partial charge in [-0.15, -0.1) is 23.1 Å². The smallest absolute Gasteiger partial charge is 0.262 e. The molecule has 168 valence electrons. The minimum atomic E-state index is -0.773. The van der Waals surface area contributed by atoms with Crippen LogP contribution >= 0.6 is 23.1 Å². The van der Waals surface area contributed by atoms with E-state index < -0.39 is 6.04 Å². The van der Waals surface area contributed by atoms with Gasteiger partial charge in [-0.25, -0.2) is 4.39 Å². The molecule has 0 saturated carbocycles. The number of halogens is 1. The summed E-state index contributed by atoms with van der Waals surface area (Å²) in [5.74, 6) is -0.0529. The summed E-state index contributed by atoms with van der Waals surface area (Å²) in [6.07, 6.45) is 2.92. The van der Waals surface area contributed by atoms with E-state index in [-0.39, 0.29) is 23.7 Å². The van der Waals surface area contributed by atoms with E-state index in [4.69, 9.17) is 0 Å². The number of amides is 2. The molecule has 1 aliphatic heterocycles. The predicted octanol–water partition coefficient (Wildman–Crippen LogP) is 5.06. The number of para-hydroxylation sites is 1. The van der Waals surface area contributed by atoms with Crippen molar-refractivity contribution in [3.63, 3.8) is 0 Å². The lowest BCUT2D eigenvalue weighted by molar-refractivity contribution is -0.123. The maximum absolute atomic E-state index is 13.9. The van der Waals surface area contributed by atoms with Gasteiger partial charge < -0.3 is 15.6 Å². The topological polar surface area (TPSA) is 74.0 Å². The highest BCUT2D eigenvalue weighted by Gasteiger charge is 2.28. The van der Waals surface area contributed by atoms with E-state index in [1.807, 2.05) is 35.8 Å². The standard InChI is InChI=1S/C25H22FN3O2S2/c26-16-7-8-22-18(13-16)20(9-11-33-22)28-24(30)21(29-25(31)23-6-3-10-32-23)12-15-14-27-19-5-2-1-4-17(15)19/h1-8,10,13-14,20-21,27H,9,11-12H2,(H,28,30)(H,29,31)/t20?,21-/m0/s1. The second-order valence-corrected chi connectivity index (χ2v) is 10.0. The first-order valence-electron chi connectivity index (χ1n) is 10.7. The molecule has 5 rings (SSSR count). The van der Waals surface area contributed by atoms with Crippen molar-refractivity contribution < 1.29 is 14.0 Å². The number of rotatable bonds is 6. The number of nitrogens with one attached hydrogen (secondary N) is 3. The molecule has 2 aromatic carbocycles. The average molecular weight is 480 g/mol. The van der Waals surface area contributed by atoms with E-state index in [1.165, 1.54) is 23.5 Å². The summed E-state index contributed by atoms with van der Waals surface area (Å²) >= 11 is 2.99. The van der Waals surface area contributed by atoms with E-state index in [0.29, 0.717) is 17.7 Å². The van der Waals surface area contributed by atoms with Crippen LogP contribution in [0.15, 0.2) is 71.1 Å². The van der Waals surface area contributed by atoms with Gasteiger partial charge >= 0.3 is 0 Å². The molecule has 5 nitrogen and oxygen atoms in total. The lowest BCUT2D eigenvalue weighted by Crippen LogP contribution is -2.49. The van der Waals surface area contributed by atoms with Crippen LogP contribution in [0.1, 0.15) is 33.3 Å². The highest BCUT2D eigenvalue weighted by molar-refractivity contribution is 7.99. The summed E-state index contributed by atoms with van der Waals surface area (Å²) in [6.45, 7) is 0. The SMILES string of the molecule is O=C(N[C@@H](Cc1c[nH]c2ccccc12)C(=O)NC1CCSc2ccc(F)cc21)c1cccs1. The second kappa shape index (κ2) is 9.41. The molecule has 8 heteroatoms. The number of thiophene rings is 1. The van der Waals surface area contributed by atoms with Crippen molar-refractivity contribution in [1.82, 2.24) is 15.6 Å². The number of carbonyl (C=O) groups is 2. The van der Waals surface area contributed by atoms with Gasteiger partial charge in [-0.2, -0.15) is 0 Å². The van der Waals surface area contributed by atoms with Crippen LogP contribution in [0.3, 0.4) is 0 Å². The molecule has 2 atom stereocenters. The summed E-state index contributed by atoms with van der Waals surface area (Å²) in [7, 11) is 0.